The Hall–Kier alpha value is -1.68. The number of rotatable bonds is 2. The summed E-state index contributed by atoms with van der Waals surface area (Å²) in [7, 11) is 0. The Morgan fingerprint density at radius 3 is 2.69 bits per heavy atom. The molecule has 0 saturated heterocycles. The van der Waals surface area contributed by atoms with Crippen LogP contribution in [0.4, 0.5) is 8.78 Å². The SMILES string of the molecule is Cc1cc(C(O)c2cccc(F)c2F)co1. The molecule has 1 heterocycles. The maximum atomic E-state index is 13.4. The van der Waals surface area contributed by atoms with E-state index < -0.39 is 17.7 Å². The molecule has 0 bridgehead atoms. The highest BCUT2D eigenvalue weighted by Gasteiger charge is 2.18. The summed E-state index contributed by atoms with van der Waals surface area (Å²) in [6, 6.07) is 5.27. The van der Waals surface area contributed by atoms with Gasteiger partial charge in [-0.05, 0) is 19.1 Å². The number of halogens is 2. The molecule has 84 valence electrons. The maximum absolute atomic E-state index is 13.4. The van der Waals surface area contributed by atoms with Crippen LogP contribution < -0.4 is 0 Å². The van der Waals surface area contributed by atoms with E-state index in [4.69, 9.17) is 4.42 Å². The van der Waals surface area contributed by atoms with Crippen LogP contribution in [0.2, 0.25) is 0 Å². The topological polar surface area (TPSA) is 33.4 Å². The second kappa shape index (κ2) is 4.06. The van der Waals surface area contributed by atoms with E-state index in [9.17, 15) is 13.9 Å². The molecule has 0 fully saturated rings. The van der Waals surface area contributed by atoms with Gasteiger partial charge in [0.25, 0.3) is 0 Å². The molecule has 1 unspecified atom stereocenters. The van der Waals surface area contributed by atoms with Gasteiger partial charge >= 0.3 is 0 Å². The lowest BCUT2D eigenvalue weighted by Gasteiger charge is -2.09. The summed E-state index contributed by atoms with van der Waals surface area (Å²) in [6.45, 7) is 1.71. The van der Waals surface area contributed by atoms with Gasteiger partial charge in [0.05, 0.1) is 6.26 Å². The van der Waals surface area contributed by atoms with Gasteiger partial charge in [0.15, 0.2) is 11.6 Å². The first-order valence-electron chi connectivity index (χ1n) is 4.76. The van der Waals surface area contributed by atoms with Crippen LogP contribution in [-0.4, -0.2) is 5.11 Å². The van der Waals surface area contributed by atoms with E-state index in [0.717, 1.165) is 6.07 Å². The standard InChI is InChI=1S/C12H10F2O2/c1-7-5-8(6-16-7)12(15)9-3-2-4-10(13)11(9)14/h2-6,12,15H,1H3. The molecule has 2 nitrogen and oxygen atoms in total. The van der Waals surface area contributed by atoms with E-state index in [-0.39, 0.29) is 5.56 Å². The quantitative estimate of drug-likeness (QED) is 0.850. The minimum absolute atomic E-state index is 0.0965. The zero-order chi connectivity index (χ0) is 11.7. The Labute approximate surface area is 91.1 Å². The third-order valence-corrected chi connectivity index (χ3v) is 2.34. The molecule has 0 aliphatic heterocycles. The van der Waals surface area contributed by atoms with Crippen molar-refractivity contribution in [3.05, 3.63) is 59.1 Å². The van der Waals surface area contributed by atoms with E-state index in [0.29, 0.717) is 11.3 Å². The normalized spacial score (nSPS) is 12.8. The van der Waals surface area contributed by atoms with Crippen molar-refractivity contribution in [2.75, 3.05) is 0 Å². The molecule has 16 heavy (non-hydrogen) atoms. The maximum Gasteiger partial charge on any atom is 0.164 e. The van der Waals surface area contributed by atoms with Gasteiger partial charge < -0.3 is 9.52 Å². The molecule has 1 atom stereocenters. The largest absolute Gasteiger partial charge is 0.469 e. The molecule has 0 saturated carbocycles. The Balaban J connectivity index is 2.41. The molecule has 4 heteroatoms. The summed E-state index contributed by atoms with van der Waals surface area (Å²) < 4.78 is 31.3. The number of aryl methyl sites for hydroxylation is 1. The first-order valence-corrected chi connectivity index (χ1v) is 4.76. The molecule has 0 spiro atoms. The highest BCUT2D eigenvalue weighted by molar-refractivity contribution is 5.30. The highest BCUT2D eigenvalue weighted by atomic mass is 19.2. The van der Waals surface area contributed by atoms with Crippen LogP contribution in [0.25, 0.3) is 0 Å². The third-order valence-electron chi connectivity index (χ3n) is 2.34. The van der Waals surface area contributed by atoms with Crippen molar-refractivity contribution in [3.63, 3.8) is 0 Å². The lowest BCUT2D eigenvalue weighted by molar-refractivity contribution is 0.212. The molecular weight excluding hydrogens is 214 g/mol. The van der Waals surface area contributed by atoms with Gasteiger partial charge in [0, 0.05) is 11.1 Å². The molecule has 1 aromatic heterocycles. The summed E-state index contributed by atoms with van der Waals surface area (Å²) in [5, 5.41) is 9.84. The lowest BCUT2D eigenvalue weighted by Crippen LogP contribution is -2.03. The van der Waals surface area contributed by atoms with E-state index in [2.05, 4.69) is 0 Å². The van der Waals surface area contributed by atoms with Crippen LogP contribution in [0.3, 0.4) is 0 Å². The van der Waals surface area contributed by atoms with E-state index in [1.807, 2.05) is 0 Å². The molecule has 1 N–H and O–H groups in total. The number of aliphatic hydroxyl groups excluding tert-OH is 1. The Kier molecular flexibility index (Phi) is 2.75. The van der Waals surface area contributed by atoms with Crippen molar-refractivity contribution < 1.29 is 18.3 Å². The first kappa shape index (κ1) is 10.8. The van der Waals surface area contributed by atoms with Gasteiger partial charge in [-0.2, -0.15) is 0 Å². The smallest absolute Gasteiger partial charge is 0.164 e. The van der Waals surface area contributed by atoms with Crippen LogP contribution >= 0.6 is 0 Å². The van der Waals surface area contributed by atoms with E-state index >= 15 is 0 Å². The van der Waals surface area contributed by atoms with Crippen molar-refractivity contribution in [2.24, 2.45) is 0 Å². The van der Waals surface area contributed by atoms with Crippen molar-refractivity contribution >= 4 is 0 Å². The van der Waals surface area contributed by atoms with Crippen LogP contribution in [0, 0.1) is 18.6 Å². The predicted octanol–water partition coefficient (Wildman–Crippen LogP) is 2.95. The zero-order valence-electron chi connectivity index (χ0n) is 8.58. The number of hydrogen-bond donors (Lipinski definition) is 1. The number of furan rings is 1. The Morgan fingerprint density at radius 1 is 1.31 bits per heavy atom. The minimum atomic E-state index is -1.21. The molecule has 0 amide bonds. The number of aliphatic hydroxyl groups is 1. The second-order valence-electron chi connectivity index (χ2n) is 3.54. The fraction of sp³-hybridized carbons (Fsp3) is 0.167. The van der Waals surface area contributed by atoms with Gasteiger partial charge in [-0.25, -0.2) is 8.78 Å². The minimum Gasteiger partial charge on any atom is -0.469 e. The van der Waals surface area contributed by atoms with Crippen molar-refractivity contribution in [1.82, 2.24) is 0 Å². The highest BCUT2D eigenvalue weighted by Crippen LogP contribution is 2.26. The summed E-state index contributed by atoms with van der Waals surface area (Å²) in [4.78, 5) is 0. The summed E-state index contributed by atoms with van der Waals surface area (Å²) >= 11 is 0. The van der Waals surface area contributed by atoms with Gasteiger partial charge in [-0.1, -0.05) is 12.1 Å². The molecule has 0 aliphatic carbocycles. The Bertz CT molecular complexity index is 505. The predicted molar refractivity (Wildman–Crippen MR) is 53.9 cm³/mol. The lowest BCUT2D eigenvalue weighted by atomic mass is 10.0. The van der Waals surface area contributed by atoms with Crippen molar-refractivity contribution in [1.29, 1.82) is 0 Å². The van der Waals surface area contributed by atoms with Crippen molar-refractivity contribution in [3.8, 4) is 0 Å². The first-order chi connectivity index (χ1) is 7.59. The molecule has 1 aromatic carbocycles. The van der Waals surface area contributed by atoms with Crippen LogP contribution in [0.1, 0.15) is 23.0 Å². The summed E-state index contributed by atoms with van der Waals surface area (Å²) in [6.07, 6.45) is 0.109. The number of benzene rings is 1. The van der Waals surface area contributed by atoms with Crippen LogP contribution in [0.15, 0.2) is 34.9 Å². The van der Waals surface area contributed by atoms with Gasteiger partial charge in [-0.15, -0.1) is 0 Å². The summed E-state index contributed by atoms with van der Waals surface area (Å²) in [5.74, 6) is -1.41. The molecular formula is C12H10F2O2. The van der Waals surface area contributed by atoms with Gasteiger partial charge in [-0.3, -0.25) is 0 Å². The second-order valence-corrected chi connectivity index (χ2v) is 3.54. The molecule has 0 radical (unpaired) electrons. The van der Waals surface area contributed by atoms with E-state index in [1.165, 1.54) is 18.4 Å². The van der Waals surface area contributed by atoms with Gasteiger partial charge in [0.2, 0.25) is 0 Å². The molecule has 2 rings (SSSR count). The fourth-order valence-corrected chi connectivity index (χ4v) is 1.52. The summed E-state index contributed by atoms with van der Waals surface area (Å²) in [5.41, 5.74) is 0.308. The van der Waals surface area contributed by atoms with Crippen LogP contribution in [-0.2, 0) is 0 Å². The van der Waals surface area contributed by atoms with Crippen LogP contribution in [0.5, 0.6) is 0 Å². The molecule has 0 aliphatic rings. The fourth-order valence-electron chi connectivity index (χ4n) is 1.52. The van der Waals surface area contributed by atoms with Crippen molar-refractivity contribution in [2.45, 2.75) is 13.0 Å². The monoisotopic (exact) mass is 224 g/mol. The Morgan fingerprint density at radius 2 is 2.06 bits per heavy atom. The number of hydrogen-bond acceptors (Lipinski definition) is 2. The molecule has 2 aromatic rings. The zero-order valence-corrected chi connectivity index (χ0v) is 8.58. The average molecular weight is 224 g/mol. The average Bonchev–Trinajstić information content (AvgIpc) is 2.68. The third kappa shape index (κ3) is 1.84. The van der Waals surface area contributed by atoms with Gasteiger partial charge in [0.1, 0.15) is 11.9 Å². The van der Waals surface area contributed by atoms with E-state index in [1.54, 1.807) is 13.0 Å².